The summed E-state index contributed by atoms with van der Waals surface area (Å²) in [5, 5.41) is 0. The van der Waals surface area contributed by atoms with Gasteiger partial charge in [0.25, 0.3) is 0 Å². The van der Waals surface area contributed by atoms with Gasteiger partial charge in [0.2, 0.25) is 11.6 Å². The Balaban J connectivity index is 0.000000153. The van der Waals surface area contributed by atoms with Crippen LogP contribution in [0.3, 0.4) is 0 Å². The van der Waals surface area contributed by atoms with E-state index in [9.17, 15) is 14.2 Å². The zero-order valence-electron chi connectivity index (χ0n) is 15.9. The fourth-order valence-electron chi connectivity index (χ4n) is 3.01. The van der Waals surface area contributed by atoms with Gasteiger partial charge in [-0.1, -0.05) is 15.9 Å². The molecule has 0 aromatic heterocycles. The van der Waals surface area contributed by atoms with Crippen LogP contribution in [0.25, 0.3) is 0 Å². The lowest BCUT2D eigenvalue weighted by molar-refractivity contribution is -0.117. The lowest BCUT2D eigenvalue weighted by Crippen LogP contribution is -2.29. The number of nitrogens with zero attached hydrogens (tertiary/aromatic N) is 3. The number of allylic oxidation sites excluding steroid dienone is 1. The molecule has 3 heterocycles. The number of carbonyl (C=O) groups is 2. The SMILES string of the molecule is O=C1C=C(N2CC2)C(=O)C(N2CC2)=C1N1CC1.O=P(O)(O)Oc1c(Br)cc(Br)cc1Br. The molecule has 3 saturated heterocycles. The summed E-state index contributed by atoms with van der Waals surface area (Å²) in [5.41, 5.74) is 1.89. The van der Waals surface area contributed by atoms with Crippen LogP contribution in [-0.2, 0) is 14.2 Å². The second kappa shape index (κ2) is 8.64. The van der Waals surface area contributed by atoms with Crippen molar-refractivity contribution >= 4 is 67.2 Å². The molecule has 166 valence electrons. The van der Waals surface area contributed by atoms with E-state index < -0.39 is 7.82 Å². The van der Waals surface area contributed by atoms with Crippen molar-refractivity contribution in [3.63, 3.8) is 0 Å². The molecule has 13 heteroatoms. The van der Waals surface area contributed by atoms with Gasteiger partial charge in [0.1, 0.15) is 11.4 Å². The topological polar surface area (TPSA) is 110 Å². The maximum atomic E-state index is 12.4. The van der Waals surface area contributed by atoms with E-state index in [0.717, 1.165) is 43.7 Å². The number of phosphoric ester groups is 1. The Labute approximate surface area is 203 Å². The third-order valence-electron chi connectivity index (χ3n) is 4.66. The van der Waals surface area contributed by atoms with Crippen molar-refractivity contribution in [3.8, 4) is 5.75 Å². The minimum Gasteiger partial charge on any atom is -0.402 e. The predicted octanol–water partition coefficient (Wildman–Crippen LogP) is 2.63. The Morgan fingerprint density at radius 3 is 1.77 bits per heavy atom. The molecule has 31 heavy (non-hydrogen) atoms. The predicted molar refractivity (Wildman–Crippen MR) is 122 cm³/mol. The molecule has 0 bridgehead atoms. The molecule has 1 aliphatic carbocycles. The van der Waals surface area contributed by atoms with E-state index in [1.807, 2.05) is 14.7 Å². The molecule has 1 aromatic rings. The monoisotopic (exact) mass is 639 g/mol. The molecule has 4 aliphatic rings. The van der Waals surface area contributed by atoms with E-state index in [1.165, 1.54) is 6.08 Å². The van der Waals surface area contributed by atoms with Crippen molar-refractivity contribution in [3.05, 3.63) is 48.7 Å². The Bertz CT molecular complexity index is 1050. The number of phosphoric acid groups is 1. The van der Waals surface area contributed by atoms with Crippen molar-refractivity contribution in [2.24, 2.45) is 0 Å². The maximum Gasteiger partial charge on any atom is 0.524 e. The van der Waals surface area contributed by atoms with Crippen LogP contribution in [0.15, 0.2) is 48.7 Å². The summed E-state index contributed by atoms with van der Waals surface area (Å²) in [6.07, 6.45) is 1.52. The van der Waals surface area contributed by atoms with E-state index in [-0.39, 0.29) is 17.3 Å². The zero-order valence-corrected chi connectivity index (χ0v) is 21.6. The van der Waals surface area contributed by atoms with Crippen molar-refractivity contribution in [1.29, 1.82) is 0 Å². The Morgan fingerprint density at radius 1 is 0.839 bits per heavy atom. The molecule has 2 N–H and O–H groups in total. The van der Waals surface area contributed by atoms with Gasteiger partial charge in [0, 0.05) is 49.8 Å². The van der Waals surface area contributed by atoms with Crippen LogP contribution < -0.4 is 4.52 Å². The van der Waals surface area contributed by atoms with Crippen molar-refractivity contribution in [2.75, 3.05) is 39.3 Å². The normalized spacial score (nSPS) is 19.8. The van der Waals surface area contributed by atoms with Crippen LogP contribution in [-0.4, -0.2) is 75.3 Å². The molecular weight excluding hydrogens is 625 g/mol. The first-order valence-electron chi connectivity index (χ1n) is 9.24. The third kappa shape index (κ3) is 5.61. The van der Waals surface area contributed by atoms with E-state index in [2.05, 4.69) is 52.3 Å². The van der Waals surface area contributed by atoms with Crippen molar-refractivity contribution < 1.29 is 28.5 Å². The average Bonchev–Trinajstić information content (AvgIpc) is 3.53. The van der Waals surface area contributed by atoms with Gasteiger partial charge in [-0.05, 0) is 44.0 Å². The fraction of sp³-hybridized carbons (Fsp3) is 0.333. The Morgan fingerprint density at radius 2 is 1.32 bits per heavy atom. The summed E-state index contributed by atoms with van der Waals surface area (Å²) in [5.74, 6) is 0.119. The highest BCUT2D eigenvalue weighted by Crippen LogP contribution is 2.45. The van der Waals surface area contributed by atoms with Gasteiger partial charge in [-0.2, -0.15) is 0 Å². The zero-order chi connectivity index (χ0) is 22.5. The van der Waals surface area contributed by atoms with Crippen LogP contribution in [0.1, 0.15) is 0 Å². The summed E-state index contributed by atoms with van der Waals surface area (Å²) in [4.78, 5) is 47.7. The molecule has 1 aromatic carbocycles. The van der Waals surface area contributed by atoms with Gasteiger partial charge in [-0.25, -0.2) is 4.57 Å². The second-order valence-electron chi connectivity index (χ2n) is 7.16. The molecule has 9 nitrogen and oxygen atoms in total. The molecule has 0 saturated carbocycles. The number of Topliss-reactive ketones (excluding diaryl/α,β-unsaturated/α-hetero) is 1. The number of benzene rings is 1. The van der Waals surface area contributed by atoms with Gasteiger partial charge in [0.15, 0.2) is 5.75 Å². The minimum atomic E-state index is -4.53. The second-order valence-corrected chi connectivity index (χ2v) is 10.9. The molecule has 0 amide bonds. The highest BCUT2D eigenvalue weighted by molar-refractivity contribution is 9.11. The molecule has 0 unspecified atom stereocenters. The first-order valence-corrected chi connectivity index (χ1v) is 13.2. The van der Waals surface area contributed by atoms with Crippen molar-refractivity contribution in [2.45, 2.75) is 0 Å². The summed E-state index contributed by atoms with van der Waals surface area (Å²) in [6, 6.07) is 3.24. The standard InChI is InChI=1S/C12H13N3O2.C6H4Br3O4P/c16-9-7-8(13-1-2-13)12(17)11(15-5-6-15)10(9)14-3-4-14;7-3-1-4(8)6(5(9)2-3)13-14(10,11)12/h7H,1-6H2;1-2H,(H2,10,11,12). The molecular formula is C18H17Br3N3O6P. The molecule has 3 aliphatic heterocycles. The number of rotatable bonds is 5. The first-order chi connectivity index (χ1) is 14.5. The minimum absolute atomic E-state index is 0.00546. The number of halogens is 3. The van der Waals surface area contributed by atoms with E-state index in [1.54, 1.807) is 12.1 Å². The Kier molecular flexibility index (Phi) is 6.41. The van der Waals surface area contributed by atoms with E-state index in [4.69, 9.17) is 9.79 Å². The van der Waals surface area contributed by atoms with Crippen LogP contribution in [0.2, 0.25) is 0 Å². The number of hydrogen-bond acceptors (Lipinski definition) is 7. The number of hydrogen-bond donors (Lipinski definition) is 2. The largest absolute Gasteiger partial charge is 0.524 e. The van der Waals surface area contributed by atoms with Crippen LogP contribution in [0.4, 0.5) is 0 Å². The maximum absolute atomic E-state index is 12.4. The average molecular weight is 642 g/mol. The fourth-order valence-corrected chi connectivity index (χ4v) is 6.12. The molecule has 3 fully saturated rings. The highest BCUT2D eigenvalue weighted by Gasteiger charge is 2.43. The molecule has 5 rings (SSSR count). The molecule has 0 atom stereocenters. The summed E-state index contributed by atoms with van der Waals surface area (Å²) in [6.45, 7) is 5.41. The van der Waals surface area contributed by atoms with Gasteiger partial charge < -0.3 is 19.2 Å². The molecule has 0 spiro atoms. The quantitative estimate of drug-likeness (QED) is 0.285. The van der Waals surface area contributed by atoms with Gasteiger partial charge >= 0.3 is 7.82 Å². The summed E-state index contributed by atoms with van der Waals surface area (Å²) in [7, 11) is -4.53. The third-order valence-corrected chi connectivity index (χ3v) is 6.72. The van der Waals surface area contributed by atoms with Gasteiger partial charge in [-0.15, -0.1) is 0 Å². The lowest BCUT2D eigenvalue weighted by atomic mass is 10.0. The molecule has 0 radical (unpaired) electrons. The van der Waals surface area contributed by atoms with E-state index in [0.29, 0.717) is 26.0 Å². The highest BCUT2D eigenvalue weighted by atomic mass is 79.9. The van der Waals surface area contributed by atoms with Crippen LogP contribution >= 0.6 is 55.6 Å². The van der Waals surface area contributed by atoms with Crippen molar-refractivity contribution in [1.82, 2.24) is 14.7 Å². The van der Waals surface area contributed by atoms with Crippen LogP contribution in [0, 0.1) is 0 Å². The summed E-state index contributed by atoms with van der Waals surface area (Å²) < 4.78 is 16.7. The van der Waals surface area contributed by atoms with Gasteiger partial charge in [-0.3, -0.25) is 19.4 Å². The van der Waals surface area contributed by atoms with Crippen LogP contribution in [0.5, 0.6) is 5.75 Å². The van der Waals surface area contributed by atoms with Gasteiger partial charge in [0.05, 0.1) is 14.6 Å². The smallest absolute Gasteiger partial charge is 0.402 e. The van der Waals surface area contributed by atoms with E-state index >= 15 is 0 Å². The number of ketones is 2. The lowest BCUT2D eigenvalue weighted by Gasteiger charge is -2.21. The first kappa shape index (κ1) is 23.0. The Hall–Kier alpha value is -1.17. The number of carbonyl (C=O) groups excluding carboxylic acids is 2. The summed E-state index contributed by atoms with van der Waals surface area (Å²) >= 11 is 9.46.